The number of hydrogen-bond donors (Lipinski definition) is 1. The summed E-state index contributed by atoms with van der Waals surface area (Å²) >= 11 is 0.946. The van der Waals surface area contributed by atoms with Crippen molar-refractivity contribution < 1.29 is 13.2 Å². The van der Waals surface area contributed by atoms with Crippen LogP contribution in [0.3, 0.4) is 0 Å². The van der Waals surface area contributed by atoms with E-state index in [0.29, 0.717) is 4.90 Å². The van der Waals surface area contributed by atoms with Crippen molar-refractivity contribution in [1.82, 2.24) is 5.32 Å². The molecule has 0 aliphatic rings. The van der Waals surface area contributed by atoms with E-state index in [2.05, 4.69) is 5.32 Å². The molecular formula is C16H16F3NS. The highest BCUT2D eigenvalue weighted by molar-refractivity contribution is 7.99. The van der Waals surface area contributed by atoms with E-state index in [0.717, 1.165) is 36.0 Å². The molecule has 0 saturated heterocycles. The fourth-order valence-electron chi connectivity index (χ4n) is 1.97. The lowest BCUT2D eigenvalue weighted by molar-refractivity contribution is 0.564. The summed E-state index contributed by atoms with van der Waals surface area (Å²) in [5.41, 5.74) is 0.832. The van der Waals surface area contributed by atoms with E-state index in [-0.39, 0.29) is 10.9 Å². The van der Waals surface area contributed by atoms with Crippen LogP contribution in [0.15, 0.2) is 46.2 Å². The second-order valence-electron chi connectivity index (χ2n) is 4.65. The van der Waals surface area contributed by atoms with E-state index in [1.165, 1.54) is 12.1 Å². The number of rotatable bonds is 5. The van der Waals surface area contributed by atoms with Crippen LogP contribution in [0.2, 0.25) is 0 Å². The Morgan fingerprint density at radius 2 is 1.62 bits per heavy atom. The first-order valence-electron chi connectivity index (χ1n) is 6.67. The summed E-state index contributed by atoms with van der Waals surface area (Å²) < 4.78 is 40.5. The topological polar surface area (TPSA) is 12.0 Å². The third-order valence-corrected chi connectivity index (χ3v) is 4.18. The first-order valence-corrected chi connectivity index (χ1v) is 7.48. The van der Waals surface area contributed by atoms with Crippen molar-refractivity contribution in [3.05, 3.63) is 59.4 Å². The first-order chi connectivity index (χ1) is 10.0. The second-order valence-corrected chi connectivity index (χ2v) is 5.73. The molecule has 0 fully saturated rings. The van der Waals surface area contributed by atoms with E-state index in [1.54, 1.807) is 12.1 Å². The predicted octanol–water partition coefficient (Wildman–Crippen LogP) is 4.93. The summed E-state index contributed by atoms with van der Waals surface area (Å²) in [5, 5.41) is 3.20. The van der Waals surface area contributed by atoms with Crippen LogP contribution in [-0.2, 0) is 0 Å². The Bertz CT molecular complexity index is 631. The van der Waals surface area contributed by atoms with Gasteiger partial charge < -0.3 is 5.32 Å². The Labute approximate surface area is 126 Å². The molecule has 2 aromatic carbocycles. The highest BCUT2D eigenvalue weighted by Gasteiger charge is 2.12. The minimum atomic E-state index is -0.690. The Morgan fingerprint density at radius 3 is 2.19 bits per heavy atom. The van der Waals surface area contributed by atoms with Gasteiger partial charge in [0, 0.05) is 21.9 Å². The van der Waals surface area contributed by atoms with Crippen molar-refractivity contribution in [2.75, 3.05) is 6.54 Å². The van der Waals surface area contributed by atoms with Gasteiger partial charge in [0.05, 0.1) is 0 Å². The van der Waals surface area contributed by atoms with Crippen LogP contribution < -0.4 is 5.32 Å². The first kappa shape index (κ1) is 15.9. The van der Waals surface area contributed by atoms with Gasteiger partial charge in [-0.1, -0.05) is 24.8 Å². The molecule has 0 bridgehead atoms. The van der Waals surface area contributed by atoms with Crippen molar-refractivity contribution in [2.45, 2.75) is 29.7 Å². The molecule has 21 heavy (non-hydrogen) atoms. The monoisotopic (exact) mass is 311 g/mol. The third-order valence-electron chi connectivity index (χ3n) is 3.08. The molecule has 112 valence electrons. The van der Waals surface area contributed by atoms with Crippen molar-refractivity contribution >= 4 is 11.8 Å². The molecule has 0 aliphatic carbocycles. The van der Waals surface area contributed by atoms with Crippen LogP contribution in [0.4, 0.5) is 13.2 Å². The number of halogens is 3. The smallest absolute Gasteiger partial charge is 0.140 e. The molecule has 2 aromatic rings. The molecule has 0 amide bonds. The largest absolute Gasteiger partial charge is 0.310 e. The minimum Gasteiger partial charge on any atom is -0.310 e. The summed E-state index contributed by atoms with van der Waals surface area (Å²) in [4.78, 5) is 0.510. The molecule has 0 heterocycles. The number of benzene rings is 2. The third kappa shape index (κ3) is 4.02. The Balaban J connectivity index is 2.21. The van der Waals surface area contributed by atoms with Crippen LogP contribution in [0.5, 0.6) is 0 Å². The SMILES string of the molecule is CCNC(C)c1ccc(Sc2ccc(F)cc2F)c(F)c1. The van der Waals surface area contributed by atoms with Crippen molar-refractivity contribution in [3.8, 4) is 0 Å². The Hall–Kier alpha value is -1.46. The zero-order chi connectivity index (χ0) is 15.4. The van der Waals surface area contributed by atoms with Crippen LogP contribution in [0.25, 0.3) is 0 Å². The Morgan fingerprint density at radius 1 is 1.00 bits per heavy atom. The molecule has 2 rings (SSSR count). The van der Waals surface area contributed by atoms with Crippen molar-refractivity contribution in [1.29, 1.82) is 0 Å². The zero-order valence-electron chi connectivity index (χ0n) is 11.8. The maximum atomic E-state index is 14.1. The molecule has 1 atom stereocenters. The van der Waals surface area contributed by atoms with Gasteiger partial charge in [-0.3, -0.25) is 0 Å². The minimum absolute atomic E-state index is 0.0473. The fourth-order valence-corrected chi connectivity index (χ4v) is 2.79. The molecule has 0 aromatic heterocycles. The van der Waals surface area contributed by atoms with Gasteiger partial charge in [0.15, 0.2) is 0 Å². The zero-order valence-corrected chi connectivity index (χ0v) is 12.6. The Kier molecular flexibility index (Phi) is 5.31. The van der Waals surface area contributed by atoms with Crippen LogP contribution in [0.1, 0.15) is 25.5 Å². The van der Waals surface area contributed by atoms with Crippen molar-refractivity contribution in [2.24, 2.45) is 0 Å². The average molecular weight is 311 g/mol. The lowest BCUT2D eigenvalue weighted by Crippen LogP contribution is -2.17. The molecule has 0 saturated carbocycles. The normalized spacial score (nSPS) is 12.4. The van der Waals surface area contributed by atoms with E-state index >= 15 is 0 Å². The van der Waals surface area contributed by atoms with Gasteiger partial charge in [0.2, 0.25) is 0 Å². The molecule has 1 nitrogen and oxygen atoms in total. The maximum Gasteiger partial charge on any atom is 0.140 e. The highest BCUT2D eigenvalue weighted by atomic mass is 32.2. The summed E-state index contributed by atoms with van der Waals surface area (Å²) in [5.74, 6) is -1.75. The van der Waals surface area contributed by atoms with E-state index in [4.69, 9.17) is 0 Å². The lowest BCUT2D eigenvalue weighted by Gasteiger charge is -2.14. The van der Waals surface area contributed by atoms with Gasteiger partial charge in [-0.15, -0.1) is 0 Å². The van der Waals surface area contributed by atoms with Gasteiger partial charge in [0.25, 0.3) is 0 Å². The number of hydrogen-bond acceptors (Lipinski definition) is 2. The van der Waals surface area contributed by atoms with E-state index in [9.17, 15) is 13.2 Å². The van der Waals surface area contributed by atoms with Crippen LogP contribution >= 0.6 is 11.8 Å². The molecule has 1 N–H and O–H groups in total. The van der Waals surface area contributed by atoms with Gasteiger partial charge in [0.1, 0.15) is 17.5 Å². The van der Waals surface area contributed by atoms with Crippen LogP contribution in [-0.4, -0.2) is 6.54 Å². The molecule has 0 radical (unpaired) electrons. The molecule has 5 heteroatoms. The summed E-state index contributed by atoms with van der Waals surface area (Å²) in [6.45, 7) is 4.72. The predicted molar refractivity (Wildman–Crippen MR) is 79.0 cm³/mol. The van der Waals surface area contributed by atoms with Gasteiger partial charge in [-0.2, -0.15) is 0 Å². The molecular weight excluding hydrogens is 295 g/mol. The second kappa shape index (κ2) is 7.00. The quantitative estimate of drug-likeness (QED) is 0.840. The molecule has 1 unspecified atom stereocenters. The van der Waals surface area contributed by atoms with Crippen LogP contribution in [0, 0.1) is 17.5 Å². The average Bonchev–Trinajstić information content (AvgIpc) is 2.44. The van der Waals surface area contributed by atoms with Gasteiger partial charge >= 0.3 is 0 Å². The van der Waals surface area contributed by atoms with Gasteiger partial charge in [-0.25, -0.2) is 13.2 Å². The standard InChI is InChI=1S/C16H16F3NS/c1-3-20-10(2)11-4-6-15(13(18)8-11)21-16-7-5-12(17)9-14(16)19/h4-10,20H,3H2,1-2H3. The summed E-state index contributed by atoms with van der Waals surface area (Å²) in [7, 11) is 0. The lowest BCUT2D eigenvalue weighted by atomic mass is 10.1. The summed E-state index contributed by atoms with van der Waals surface area (Å²) in [6, 6.07) is 8.17. The van der Waals surface area contributed by atoms with E-state index in [1.807, 2.05) is 13.8 Å². The highest BCUT2D eigenvalue weighted by Crippen LogP contribution is 2.33. The molecule has 0 spiro atoms. The van der Waals surface area contributed by atoms with Crippen molar-refractivity contribution in [3.63, 3.8) is 0 Å². The summed E-state index contributed by atoms with van der Waals surface area (Å²) in [6.07, 6.45) is 0. The van der Waals surface area contributed by atoms with E-state index < -0.39 is 17.5 Å². The molecule has 0 aliphatic heterocycles. The number of nitrogens with one attached hydrogen (secondary N) is 1. The van der Waals surface area contributed by atoms with Gasteiger partial charge in [-0.05, 0) is 43.3 Å². The maximum absolute atomic E-state index is 14.1. The fraction of sp³-hybridized carbons (Fsp3) is 0.250.